The molecule has 2 aliphatic rings. The van der Waals surface area contributed by atoms with Gasteiger partial charge in [0.05, 0.1) is 19.3 Å². The van der Waals surface area contributed by atoms with Crippen LogP contribution in [0.15, 0.2) is 12.3 Å². The molecular formula is C18H20F3N3O3. The Morgan fingerprint density at radius 3 is 2.63 bits per heavy atom. The zero-order chi connectivity index (χ0) is 19.8. The van der Waals surface area contributed by atoms with Gasteiger partial charge in [-0.1, -0.05) is 6.92 Å². The summed E-state index contributed by atoms with van der Waals surface area (Å²) >= 11 is 0. The van der Waals surface area contributed by atoms with E-state index in [0.717, 1.165) is 19.8 Å². The largest absolute Gasteiger partial charge is 0.481 e. The summed E-state index contributed by atoms with van der Waals surface area (Å²) in [6.45, 7) is 3.42. The molecule has 9 heteroatoms. The SMILES string of the molecule is C[C@H](Oc1cc(C(=O)N[C@H](C#N)C2(C)COC2)ncc1C1CC1)C(F)(F)F. The second kappa shape index (κ2) is 7.00. The van der Waals surface area contributed by atoms with E-state index >= 15 is 0 Å². The van der Waals surface area contributed by atoms with Gasteiger partial charge in [-0.15, -0.1) is 0 Å². The summed E-state index contributed by atoms with van der Waals surface area (Å²) in [6, 6.07) is 2.46. The number of rotatable bonds is 6. The summed E-state index contributed by atoms with van der Waals surface area (Å²) in [5.74, 6) is -0.529. The van der Waals surface area contributed by atoms with Gasteiger partial charge in [-0.25, -0.2) is 0 Å². The molecule has 2 heterocycles. The third kappa shape index (κ3) is 4.16. The monoisotopic (exact) mass is 383 g/mol. The molecular weight excluding hydrogens is 363 g/mol. The minimum absolute atomic E-state index is 0.00849. The number of nitriles is 1. The molecule has 6 nitrogen and oxygen atoms in total. The van der Waals surface area contributed by atoms with Gasteiger partial charge in [0.1, 0.15) is 17.5 Å². The average Bonchev–Trinajstić information content (AvgIpc) is 3.41. The van der Waals surface area contributed by atoms with E-state index in [9.17, 15) is 23.2 Å². The number of amides is 1. The van der Waals surface area contributed by atoms with Crippen molar-refractivity contribution in [1.29, 1.82) is 5.26 Å². The lowest BCUT2D eigenvalue weighted by atomic mass is 9.81. The van der Waals surface area contributed by atoms with Crippen molar-refractivity contribution in [3.05, 3.63) is 23.5 Å². The van der Waals surface area contributed by atoms with E-state index in [1.165, 1.54) is 12.3 Å². The van der Waals surface area contributed by atoms with E-state index < -0.39 is 29.6 Å². The smallest absolute Gasteiger partial charge is 0.425 e. The molecule has 0 aromatic carbocycles. The molecule has 3 rings (SSSR count). The molecule has 0 spiro atoms. The van der Waals surface area contributed by atoms with Gasteiger partial charge in [0.2, 0.25) is 0 Å². The van der Waals surface area contributed by atoms with Gasteiger partial charge in [0.15, 0.2) is 6.10 Å². The molecule has 0 bridgehead atoms. The van der Waals surface area contributed by atoms with Crippen molar-refractivity contribution in [3.8, 4) is 11.8 Å². The van der Waals surface area contributed by atoms with Crippen LogP contribution in [0.1, 0.15) is 48.7 Å². The van der Waals surface area contributed by atoms with Crippen LogP contribution in [0.3, 0.4) is 0 Å². The zero-order valence-corrected chi connectivity index (χ0v) is 15.0. The maximum absolute atomic E-state index is 12.9. The summed E-state index contributed by atoms with van der Waals surface area (Å²) in [5, 5.41) is 11.9. The molecule has 1 N–H and O–H groups in total. The van der Waals surface area contributed by atoms with Crippen LogP contribution in [0.4, 0.5) is 13.2 Å². The number of alkyl halides is 3. The molecule has 1 aliphatic heterocycles. The highest BCUT2D eigenvalue weighted by Crippen LogP contribution is 2.44. The Kier molecular flexibility index (Phi) is 5.04. The average molecular weight is 383 g/mol. The van der Waals surface area contributed by atoms with E-state index in [1.54, 1.807) is 0 Å². The number of halogens is 3. The fourth-order valence-corrected chi connectivity index (χ4v) is 2.79. The molecule has 146 valence electrons. The van der Waals surface area contributed by atoms with Crippen LogP contribution < -0.4 is 10.1 Å². The van der Waals surface area contributed by atoms with Gasteiger partial charge in [0, 0.05) is 23.2 Å². The molecule has 0 unspecified atom stereocenters. The maximum Gasteiger partial charge on any atom is 0.425 e. The first-order valence-corrected chi connectivity index (χ1v) is 8.65. The zero-order valence-electron chi connectivity index (χ0n) is 15.0. The van der Waals surface area contributed by atoms with Gasteiger partial charge in [0.25, 0.3) is 5.91 Å². The van der Waals surface area contributed by atoms with Gasteiger partial charge in [-0.2, -0.15) is 18.4 Å². The maximum atomic E-state index is 12.9. The third-order valence-electron chi connectivity index (χ3n) is 4.87. The van der Waals surface area contributed by atoms with Crippen LogP contribution in [-0.4, -0.2) is 42.4 Å². The van der Waals surface area contributed by atoms with Gasteiger partial charge < -0.3 is 14.8 Å². The number of aromatic nitrogens is 1. The molecule has 1 saturated heterocycles. The number of ether oxygens (including phenoxy) is 2. The summed E-state index contributed by atoms with van der Waals surface area (Å²) in [7, 11) is 0. The first kappa shape index (κ1) is 19.4. The Labute approximate surface area is 154 Å². The molecule has 1 aromatic rings. The highest BCUT2D eigenvalue weighted by atomic mass is 19.4. The van der Waals surface area contributed by atoms with Crippen LogP contribution in [0, 0.1) is 16.7 Å². The Bertz CT molecular complexity index is 767. The number of nitrogens with zero attached hydrogens (tertiary/aromatic N) is 2. The molecule has 1 saturated carbocycles. The Morgan fingerprint density at radius 2 is 2.15 bits per heavy atom. The van der Waals surface area contributed by atoms with Gasteiger partial charge >= 0.3 is 6.18 Å². The molecule has 1 aromatic heterocycles. The standard InChI is InChI=1S/C18H20F3N3O3/c1-10(18(19,20)21)27-14-5-13(23-7-12(14)11-3-4-11)16(25)24-15(6-22)17(2)8-26-9-17/h5,7,10-11,15H,3-4,8-9H2,1-2H3,(H,24,25)/t10-,15+/m0/s1. The van der Waals surface area contributed by atoms with Crippen LogP contribution in [0.25, 0.3) is 0 Å². The minimum atomic E-state index is -4.52. The fraction of sp³-hybridized carbons (Fsp3) is 0.611. The number of carbonyl (C=O) groups excluding carboxylic acids is 1. The topological polar surface area (TPSA) is 84.2 Å². The van der Waals surface area contributed by atoms with Gasteiger partial charge in [-0.05, 0) is 25.7 Å². The Morgan fingerprint density at radius 1 is 1.48 bits per heavy atom. The normalized spacial score (nSPS) is 20.7. The lowest BCUT2D eigenvalue weighted by Crippen LogP contribution is -2.55. The first-order valence-electron chi connectivity index (χ1n) is 8.65. The first-order chi connectivity index (χ1) is 12.6. The summed E-state index contributed by atoms with van der Waals surface area (Å²) < 4.78 is 48.8. The summed E-state index contributed by atoms with van der Waals surface area (Å²) in [5.41, 5.74) is -0.0191. The van der Waals surface area contributed by atoms with E-state index in [-0.39, 0.29) is 17.4 Å². The van der Waals surface area contributed by atoms with Crippen molar-refractivity contribution in [3.63, 3.8) is 0 Å². The number of pyridine rings is 1. The lowest BCUT2D eigenvalue weighted by Gasteiger charge is -2.41. The fourth-order valence-electron chi connectivity index (χ4n) is 2.79. The second-order valence-corrected chi connectivity index (χ2v) is 7.37. The highest BCUT2D eigenvalue weighted by molar-refractivity contribution is 5.93. The second-order valence-electron chi connectivity index (χ2n) is 7.37. The Balaban J connectivity index is 1.80. The predicted molar refractivity (Wildman–Crippen MR) is 88.2 cm³/mol. The van der Waals surface area contributed by atoms with E-state index in [1.807, 2.05) is 13.0 Å². The van der Waals surface area contributed by atoms with E-state index in [0.29, 0.717) is 18.8 Å². The van der Waals surface area contributed by atoms with Crippen molar-refractivity contribution in [2.75, 3.05) is 13.2 Å². The van der Waals surface area contributed by atoms with Crippen molar-refractivity contribution in [2.45, 2.75) is 50.9 Å². The number of hydrogen-bond acceptors (Lipinski definition) is 5. The quantitative estimate of drug-likeness (QED) is 0.817. The highest BCUT2D eigenvalue weighted by Gasteiger charge is 2.43. The van der Waals surface area contributed by atoms with Crippen LogP contribution in [0.5, 0.6) is 5.75 Å². The molecule has 1 aliphatic carbocycles. The third-order valence-corrected chi connectivity index (χ3v) is 4.87. The molecule has 2 atom stereocenters. The van der Waals surface area contributed by atoms with Crippen LogP contribution in [-0.2, 0) is 4.74 Å². The molecule has 1 amide bonds. The Hall–Kier alpha value is -2.34. The molecule has 2 fully saturated rings. The van der Waals surface area contributed by atoms with Crippen molar-refractivity contribution >= 4 is 5.91 Å². The summed E-state index contributed by atoms with van der Waals surface area (Å²) in [4.78, 5) is 16.6. The minimum Gasteiger partial charge on any atom is -0.481 e. The molecule has 0 radical (unpaired) electrons. The number of nitrogens with one attached hydrogen (secondary N) is 1. The van der Waals surface area contributed by atoms with E-state index in [2.05, 4.69) is 10.3 Å². The van der Waals surface area contributed by atoms with Crippen LogP contribution in [0.2, 0.25) is 0 Å². The van der Waals surface area contributed by atoms with Crippen molar-refractivity contribution < 1.29 is 27.4 Å². The molecule has 27 heavy (non-hydrogen) atoms. The van der Waals surface area contributed by atoms with Crippen molar-refractivity contribution in [1.82, 2.24) is 10.3 Å². The van der Waals surface area contributed by atoms with E-state index in [4.69, 9.17) is 9.47 Å². The predicted octanol–water partition coefficient (Wildman–Crippen LogP) is 2.95. The number of carbonyl (C=O) groups is 1. The van der Waals surface area contributed by atoms with Crippen LogP contribution >= 0.6 is 0 Å². The number of hydrogen-bond donors (Lipinski definition) is 1. The lowest BCUT2D eigenvalue weighted by molar-refractivity contribution is -0.189. The summed E-state index contributed by atoms with van der Waals surface area (Å²) in [6.07, 6.45) is -3.44. The van der Waals surface area contributed by atoms with Gasteiger partial charge in [-0.3, -0.25) is 9.78 Å². The van der Waals surface area contributed by atoms with Crippen molar-refractivity contribution in [2.24, 2.45) is 5.41 Å².